The fourth-order valence-corrected chi connectivity index (χ4v) is 1.45. The second-order valence-corrected chi connectivity index (χ2v) is 3.95. The van der Waals surface area contributed by atoms with Gasteiger partial charge in [-0.15, -0.1) is 0 Å². The molecule has 5 heteroatoms. The Kier molecular flexibility index (Phi) is 4.37. The Balaban J connectivity index is 2.68. The lowest BCUT2D eigenvalue weighted by atomic mass is 10.1. The van der Waals surface area contributed by atoms with Crippen molar-refractivity contribution in [2.24, 2.45) is 0 Å². The van der Waals surface area contributed by atoms with Gasteiger partial charge in [0.25, 0.3) is 0 Å². The Morgan fingerprint density at radius 3 is 2.69 bits per heavy atom. The molecule has 0 saturated heterocycles. The predicted octanol–water partition coefficient (Wildman–Crippen LogP) is 2.23. The molecule has 1 rings (SSSR count). The van der Waals surface area contributed by atoms with Crippen LogP contribution in [0.5, 0.6) is 0 Å². The lowest BCUT2D eigenvalue weighted by molar-refractivity contribution is -0.387. The van der Waals surface area contributed by atoms with Crippen molar-refractivity contribution in [3.05, 3.63) is 39.7 Å². The summed E-state index contributed by atoms with van der Waals surface area (Å²) in [6, 6.07) is 4.06. The van der Waals surface area contributed by atoms with Crippen LogP contribution in [-0.4, -0.2) is 30.5 Å². The molecular weight excluding hydrogens is 211 g/mol. The van der Waals surface area contributed by atoms with Crippen molar-refractivity contribution in [1.82, 2.24) is 4.90 Å². The minimum absolute atomic E-state index is 0.442. The molecule has 0 unspecified atom stereocenters. The Labute approximate surface area is 93.8 Å². The van der Waals surface area contributed by atoms with E-state index in [0.717, 1.165) is 31.0 Å². The van der Waals surface area contributed by atoms with Crippen molar-refractivity contribution in [3.63, 3.8) is 0 Å². The summed E-state index contributed by atoms with van der Waals surface area (Å²) in [4.78, 5) is 11.9. The second kappa shape index (κ2) is 5.55. The molecule has 0 N–H and O–H groups in total. The summed E-state index contributed by atoms with van der Waals surface area (Å²) in [6.07, 6.45) is 1.62. The summed E-state index contributed by atoms with van der Waals surface area (Å²) < 4.78 is 13.0. The highest BCUT2D eigenvalue weighted by Gasteiger charge is 2.13. The molecule has 88 valence electrons. The molecule has 0 fully saturated rings. The van der Waals surface area contributed by atoms with Gasteiger partial charge in [0.05, 0.1) is 4.92 Å². The maximum atomic E-state index is 13.0. The third kappa shape index (κ3) is 3.58. The highest BCUT2D eigenvalue weighted by molar-refractivity contribution is 5.36. The van der Waals surface area contributed by atoms with Gasteiger partial charge < -0.3 is 4.90 Å². The monoisotopic (exact) mass is 226 g/mol. The molecule has 0 bridgehead atoms. The molecule has 0 aliphatic rings. The fraction of sp³-hybridized carbons (Fsp3) is 0.455. The topological polar surface area (TPSA) is 46.4 Å². The van der Waals surface area contributed by atoms with Crippen molar-refractivity contribution in [2.45, 2.75) is 12.8 Å². The average Bonchev–Trinajstić information content (AvgIpc) is 2.19. The van der Waals surface area contributed by atoms with Gasteiger partial charge >= 0.3 is 5.69 Å². The molecule has 1 aromatic carbocycles. The van der Waals surface area contributed by atoms with Crippen LogP contribution in [0.4, 0.5) is 10.1 Å². The third-order valence-corrected chi connectivity index (χ3v) is 2.28. The van der Waals surface area contributed by atoms with Gasteiger partial charge in [0.1, 0.15) is 0 Å². The van der Waals surface area contributed by atoms with E-state index >= 15 is 0 Å². The standard InChI is InChI=1S/C11H15FN2O2/c1-13(2)7-3-4-9-5-6-10(12)11(8-9)14(15)16/h5-6,8H,3-4,7H2,1-2H3. The van der Waals surface area contributed by atoms with E-state index in [-0.39, 0.29) is 0 Å². The molecule has 4 nitrogen and oxygen atoms in total. The Morgan fingerprint density at radius 2 is 2.12 bits per heavy atom. The van der Waals surface area contributed by atoms with Gasteiger partial charge in [-0.05, 0) is 45.1 Å². The number of nitrogens with zero attached hydrogens (tertiary/aromatic N) is 2. The molecular formula is C11H15FN2O2. The van der Waals surface area contributed by atoms with Crippen LogP contribution in [0.25, 0.3) is 0 Å². The summed E-state index contributed by atoms with van der Waals surface area (Å²) in [6.45, 7) is 0.908. The van der Waals surface area contributed by atoms with Crippen LogP contribution < -0.4 is 0 Å². The lowest BCUT2D eigenvalue weighted by Gasteiger charge is -2.08. The first-order valence-electron chi connectivity index (χ1n) is 5.08. The van der Waals surface area contributed by atoms with Crippen LogP contribution in [0.1, 0.15) is 12.0 Å². The van der Waals surface area contributed by atoms with Crippen molar-refractivity contribution in [1.29, 1.82) is 0 Å². The van der Waals surface area contributed by atoms with Crippen LogP contribution in [-0.2, 0) is 6.42 Å². The normalized spacial score (nSPS) is 10.8. The first-order valence-corrected chi connectivity index (χ1v) is 5.08. The van der Waals surface area contributed by atoms with Crippen molar-refractivity contribution >= 4 is 5.69 Å². The van der Waals surface area contributed by atoms with E-state index in [9.17, 15) is 14.5 Å². The summed E-state index contributed by atoms with van der Waals surface area (Å²) in [5.41, 5.74) is 0.359. The number of nitro groups is 1. The summed E-state index contributed by atoms with van der Waals surface area (Å²) in [7, 11) is 3.93. The zero-order valence-electron chi connectivity index (χ0n) is 9.44. The van der Waals surface area contributed by atoms with Gasteiger partial charge in [-0.25, -0.2) is 0 Å². The van der Waals surface area contributed by atoms with E-state index in [0.29, 0.717) is 0 Å². The molecule has 0 spiro atoms. The minimum atomic E-state index is -0.777. The quantitative estimate of drug-likeness (QED) is 0.571. The molecule has 16 heavy (non-hydrogen) atoms. The predicted molar refractivity (Wildman–Crippen MR) is 59.9 cm³/mol. The highest BCUT2D eigenvalue weighted by atomic mass is 19.1. The first kappa shape index (κ1) is 12.6. The van der Waals surface area contributed by atoms with Crippen LogP contribution in [0.15, 0.2) is 18.2 Å². The van der Waals surface area contributed by atoms with Crippen molar-refractivity contribution in [3.8, 4) is 0 Å². The number of rotatable bonds is 5. The van der Waals surface area contributed by atoms with Crippen molar-refractivity contribution < 1.29 is 9.31 Å². The second-order valence-electron chi connectivity index (χ2n) is 3.95. The van der Waals surface area contributed by atoms with Crippen molar-refractivity contribution in [2.75, 3.05) is 20.6 Å². The molecule has 0 radical (unpaired) electrons. The Bertz CT molecular complexity index is 380. The Morgan fingerprint density at radius 1 is 1.44 bits per heavy atom. The molecule has 0 amide bonds. The summed E-state index contributed by atoms with van der Waals surface area (Å²) in [5, 5.41) is 10.5. The Hall–Kier alpha value is -1.49. The van der Waals surface area contributed by atoms with Crippen LogP contribution in [0.2, 0.25) is 0 Å². The zero-order valence-corrected chi connectivity index (χ0v) is 9.44. The molecule has 0 aromatic heterocycles. The van der Waals surface area contributed by atoms with E-state index in [1.54, 1.807) is 6.07 Å². The van der Waals surface area contributed by atoms with Crippen LogP contribution in [0, 0.1) is 15.9 Å². The summed E-state index contributed by atoms with van der Waals surface area (Å²) in [5.74, 6) is -0.777. The number of hydrogen-bond donors (Lipinski definition) is 0. The molecule has 0 atom stereocenters. The van der Waals surface area contributed by atoms with E-state index < -0.39 is 16.4 Å². The van der Waals surface area contributed by atoms with E-state index in [4.69, 9.17) is 0 Å². The molecule has 0 heterocycles. The van der Waals surface area contributed by atoms with E-state index in [2.05, 4.69) is 0 Å². The smallest absolute Gasteiger partial charge is 0.305 e. The number of aryl methyl sites for hydroxylation is 1. The number of hydrogen-bond acceptors (Lipinski definition) is 3. The fourth-order valence-electron chi connectivity index (χ4n) is 1.45. The SMILES string of the molecule is CN(C)CCCc1ccc(F)c([N+](=O)[O-])c1. The molecule has 0 saturated carbocycles. The highest BCUT2D eigenvalue weighted by Crippen LogP contribution is 2.19. The van der Waals surface area contributed by atoms with Gasteiger partial charge in [0, 0.05) is 6.07 Å². The number of benzene rings is 1. The van der Waals surface area contributed by atoms with Crippen LogP contribution in [0.3, 0.4) is 0 Å². The lowest BCUT2D eigenvalue weighted by Crippen LogP contribution is -2.13. The third-order valence-electron chi connectivity index (χ3n) is 2.28. The van der Waals surface area contributed by atoms with Gasteiger partial charge in [-0.1, -0.05) is 6.07 Å². The molecule has 0 aliphatic heterocycles. The largest absolute Gasteiger partial charge is 0.309 e. The maximum absolute atomic E-state index is 13.0. The van der Waals surface area contributed by atoms with Gasteiger partial charge in [-0.3, -0.25) is 10.1 Å². The van der Waals surface area contributed by atoms with E-state index in [1.807, 2.05) is 19.0 Å². The van der Waals surface area contributed by atoms with Gasteiger partial charge in [0.2, 0.25) is 5.82 Å². The first-order chi connectivity index (χ1) is 7.50. The van der Waals surface area contributed by atoms with Gasteiger partial charge in [-0.2, -0.15) is 4.39 Å². The van der Waals surface area contributed by atoms with Crippen LogP contribution >= 0.6 is 0 Å². The zero-order chi connectivity index (χ0) is 12.1. The maximum Gasteiger partial charge on any atom is 0.305 e. The average molecular weight is 226 g/mol. The van der Waals surface area contributed by atoms with E-state index in [1.165, 1.54) is 6.07 Å². The minimum Gasteiger partial charge on any atom is -0.309 e. The number of halogens is 1. The molecule has 0 aliphatic carbocycles. The molecule has 1 aromatic rings. The van der Waals surface area contributed by atoms with Gasteiger partial charge in [0.15, 0.2) is 0 Å². The number of nitro benzene ring substituents is 1. The summed E-state index contributed by atoms with van der Waals surface area (Å²) >= 11 is 0.